The van der Waals surface area contributed by atoms with Gasteiger partial charge in [-0.15, -0.1) is 0 Å². The molecule has 0 bridgehead atoms. The van der Waals surface area contributed by atoms with E-state index in [0.717, 1.165) is 17.8 Å². The molecule has 1 aromatic heterocycles. The Morgan fingerprint density at radius 2 is 2.14 bits per heavy atom. The largest absolute Gasteiger partial charge is 0.345 e. The first-order chi connectivity index (χ1) is 9.93. The Bertz CT molecular complexity index is 667. The van der Waals surface area contributed by atoms with Crippen molar-refractivity contribution < 1.29 is 4.79 Å². The highest BCUT2D eigenvalue weighted by Crippen LogP contribution is 2.26. The van der Waals surface area contributed by atoms with Gasteiger partial charge in [-0.05, 0) is 32.9 Å². The number of aromatic nitrogens is 2. The topological polar surface area (TPSA) is 46.9 Å². The van der Waals surface area contributed by atoms with Crippen LogP contribution in [0, 0.1) is 6.92 Å². The first-order valence-corrected chi connectivity index (χ1v) is 7.48. The van der Waals surface area contributed by atoms with Gasteiger partial charge in [-0.1, -0.05) is 29.3 Å². The van der Waals surface area contributed by atoms with Crippen LogP contribution in [-0.4, -0.2) is 15.7 Å². The number of hydrogen-bond donors (Lipinski definition) is 1. The lowest BCUT2D eigenvalue weighted by molar-refractivity contribution is 0.0940. The fourth-order valence-electron chi connectivity index (χ4n) is 2.15. The standard InChI is InChI=1S/C15H17Cl2N3O/c1-4-20-8-12(10(3)19-20)9(2)18-15(21)11-6-5-7-13(16)14(11)17/h5-9H,4H2,1-3H3,(H,18,21). The van der Waals surface area contributed by atoms with Crippen LogP contribution in [0.1, 0.15) is 41.5 Å². The molecule has 0 saturated heterocycles. The van der Waals surface area contributed by atoms with Crippen molar-refractivity contribution in [2.24, 2.45) is 0 Å². The molecule has 0 fully saturated rings. The molecule has 1 N–H and O–H groups in total. The summed E-state index contributed by atoms with van der Waals surface area (Å²) < 4.78 is 1.85. The Hall–Kier alpha value is -1.52. The molecular weight excluding hydrogens is 309 g/mol. The average molecular weight is 326 g/mol. The van der Waals surface area contributed by atoms with E-state index in [0.29, 0.717) is 10.6 Å². The van der Waals surface area contributed by atoms with Crippen molar-refractivity contribution in [1.29, 1.82) is 0 Å². The van der Waals surface area contributed by atoms with E-state index in [1.54, 1.807) is 18.2 Å². The van der Waals surface area contributed by atoms with Gasteiger partial charge in [0.05, 0.1) is 27.3 Å². The third-order valence-electron chi connectivity index (χ3n) is 3.32. The zero-order chi connectivity index (χ0) is 15.6. The van der Waals surface area contributed by atoms with Crippen LogP contribution < -0.4 is 5.32 Å². The molecule has 6 heteroatoms. The number of rotatable bonds is 4. The molecule has 112 valence electrons. The van der Waals surface area contributed by atoms with Gasteiger partial charge in [0.2, 0.25) is 0 Å². The number of nitrogens with zero attached hydrogens (tertiary/aromatic N) is 2. The average Bonchev–Trinajstić information content (AvgIpc) is 2.83. The van der Waals surface area contributed by atoms with Crippen LogP contribution in [0.3, 0.4) is 0 Å². The minimum Gasteiger partial charge on any atom is -0.345 e. The van der Waals surface area contributed by atoms with E-state index >= 15 is 0 Å². The Morgan fingerprint density at radius 1 is 1.43 bits per heavy atom. The van der Waals surface area contributed by atoms with Crippen molar-refractivity contribution in [3.63, 3.8) is 0 Å². The normalized spacial score (nSPS) is 12.2. The van der Waals surface area contributed by atoms with Crippen molar-refractivity contribution in [3.8, 4) is 0 Å². The van der Waals surface area contributed by atoms with E-state index in [2.05, 4.69) is 10.4 Å². The van der Waals surface area contributed by atoms with E-state index in [1.165, 1.54) is 0 Å². The van der Waals surface area contributed by atoms with Crippen molar-refractivity contribution in [2.45, 2.75) is 33.4 Å². The molecule has 0 radical (unpaired) electrons. The van der Waals surface area contributed by atoms with E-state index in [4.69, 9.17) is 23.2 Å². The SMILES string of the molecule is CCn1cc(C(C)NC(=O)c2cccc(Cl)c2Cl)c(C)n1. The van der Waals surface area contributed by atoms with Gasteiger partial charge in [0.25, 0.3) is 5.91 Å². The maximum absolute atomic E-state index is 12.3. The second kappa shape index (κ2) is 6.50. The van der Waals surface area contributed by atoms with Crippen LogP contribution in [0.5, 0.6) is 0 Å². The molecule has 1 heterocycles. The summed E-state index contributed by atoms with van der Waals surface area (Å²) >= 11 is 12.0. The minimum atomic E-state index is -0.251. The molecule has 0 saturated carbocycles. The van der Waals surface area contributed by atoms with Gasteiger partial charge in [-0.2, -0.15) is 5.10 Å². The Labute approximate surface area is 134 Å². The molecule has 0 aliphatic heterocycles. The number of nitrogens with one attached hydrogen (secondary N) is 1. The molecular formula is C15H17Cl2N3O. The monoisotopic (exact) mass is 325 g/mol. The molecule has 21 heavy (non-hydrogen) atoms. The van der Waals surface area contributed by atoms with Gasteiger partial charge in [-0.3, -0.25) is 9.48 Å². The molecule has 2 aromatic rings. The highest BCUT2D eigenvalue weighted by Gasteiger charge is 2.18. The zero-order valence-corrected chi connectivity index (χ0v) is 13.7. The van der Waals surface area contributed by atoms with E-state index in [9.17, 15) is 4.79 Å². The predicted molar refractivity (Wildman–Crippen MR) is 85.0 cm³/mol. The summed E-state index contributed by atoms with van der Waals surface area (Å²) in [5.74, 6) is -0.251. The van der Waals surface area contributed by atoms with Crippen LogP contribution in [0.2, 0.25) is 10.0 Å². The van der Waals surface area contributed by atoms with Crippen molar-refractivity contribution in [3.05, 3.63) is 51.3 Å². The lowest BCUT2D eigenvalue weighted by Gasteiger charge is -2.14. The van der Waals surface area contributed by atoms with Crippen LogP contribution in [0.15, 0.2) is 24.4 Å². The molecule has 1 unspecified atom stereocenters. The number of carbonyl (C=O) groups excluding carboxylic acids is 1. The number of amides is 1. The summed E-state index contributed by atoms with van der Waals surface area (Å²) in [7, 11) is 0. The highest BCUT2D eigenvalue weighted by atomic mass is 35.5. The van der Waals surface area contributed by atoms with Gasteiger partial charge >= 0.3 is 0 Å². The molecule has 4 nitrogen and oxygen atoms in total. The van der Waals surface area contributed by atoms with Crippen LogP contribution >= 0.6 is 23.2 Å². The van der Waals surface area contributed by atoms with E-state index < -0.39 is 0 Å². The molecule has 1 aromatic carbocycles. The molecule has 0 aliphatic carbocycles. The van der Waals surface area contributed by atoms with Crippen LogP contribution in [-0.2, 0) is 6.54 Å². The van der Waals surface area contributed by atoms with Gasteiger partial charge in [-0.25, -0.2) is 0 Å². The molecule has 0 spiro atoms. The van der Waals surface area contributed by atoms with Gasteiger partial charge in [0.15, 0.2) is 0 Å². The maximum Gasteiger partial charge on any atom is 0.253 e. The summed E-state index contributed by atoms with van der Waals surface area (Å²) in [4.78, 5) is 12.3. The zero-order valence-electron chi connectivity index (χ0n) is 12.2. The minimum absolute atomic E-state index is 0.159. The number of hydrogen-bond acceptors (Lipinski definition) is 2. The lowest BCUT2D eigenvalue weighted by Crippen LogP contribution is -2.27. The third kappa shape index (κ3) is 3.39. The van der Waals surface area contributed by atoms with Crippen molar-refractivity contribution in [2.75, 3.05) is 0 Å². The molecule has 2 rings (SSSR count). The quantitative estimate of drug-likeness (QED) is 0.923. The van der Waals surface area contributed by atoms with Gasteiger partial charge < -0.3 is 5.32 Å². The number of benzene rings is 1. The Balaban J connectivity index is 2.18. The van der Waals surface area contributed by atoms with Crippen LogP contribution in [0.25, 0.3) is 0 Å². The fraction of sp³-hybridized carbons (Fsp3) is 0.333. The summed E-state index contributed by atoms with van der Waals surface area (Å²) in [5.41, 5.74) is 2.27. The maximum atomic E-state index is 12.3. The molecule has 0 aliphatic rings. The highest BCUT2D eigenvalue weighted by molar-refractivity contribution is 6.43. The van der Waals surface area contributed by atoms with E-state index in [1.807, 2.05) is 31.6 Å². The predicted octanol–water partition coefficient (Wildman–Crippen LogP) is 4.01. The summed E-state index contributed by atoms with van der Waals surface area (Å²) in [6.07, 6.45) is 1.94. The smallest absolute Gasteiger partial charge is 0.253 e. The first-order valence-electron chi connectivity index (χ1n) is 6.72. The number of carbonyl (C=O) groups is 1. The Morgan fingerprint density at radius 3 is 2.76 bits per heavy atom. The second-order valence-corrected chi connectivity index (χ2v) is 5.61. The van der Waals surface area contributed by atoms with Gasteiger partial charge in [0, 0.05) is 18.3 Å². The van der Waals surface area contributed by atoms with Gasteiger partial charge in [0.1, 0.15) is 0 Å². The fourth-order valence-corrected chi connectivity index (χ4v) is 2.54. The molecule has 1 amide bonds. The Kier molecular flexibility index (Phi) is 4.91. The van der Waals surface area contributed by atoms with Crippen LogP contribution in [0.4, 0.5) is 0 Å². The second-order valence-electron chi connectivity index (χ2n) is 4.82. The first kappa shape index (κ1) is 15.9. The third-order valence-corrected chi connectivity index (χ3v) is 4.14. The number of halogens is 2. The number of aryl methyl sites for hydroxylation is 2. The summed E-state index contributed by atoms with van der Waals surface area (Å²) in [6, 6.07) is 4.85. The van der Waals surface area contributed by atoms with Crippen molar-refractivity contribution in [1.82, 2.24) is 15.1 Å². The van der Waals surface area contributed by atoms with E-state index in [-0.39, 0.29) is 17.0 Å². The summed E-state index contributed by atoms with van der Waals surface area (Å²) in [5, 5.41) is 7.94. The van der Waals surface area contributed by atoms with Crippen molar-refractivity contribution >= 4 is 29.1 Å². The summed E-state index contributed by atoms with van der Waals surface area (Å²) in [6.45, 7) is 6.66. The molecule has 1 atom stereocenters. The lowest BCUT2D eigenvalue weighted by atomic mass is 10.1.